The minimum absolute atomic E-state index is 0.0271. The number of hydrogen-bond acceptors (Lipinski definition) is 6. The molecule has 0 spiro atoms. The van der Waals surface area contributed by atoms with Gasteiger partial charge in [0, 0.05) is 28.1 Å². The van der Waals surface area contributed by atoms with Crippen molar-refractivity contribution in [3.05, 3.63) is 63.9 Å². The Labute approximate surface area is 184 Å². The number of nitrogens with zero attached hydrogens (tertiary/aromatic N) is 1. The van der Waals surface area contributed by atoms with Crippen molar-refractivity contribution in [3.63, 3.8) is 0 Å². The first-order valence-corrected chi connectivity index (χ1v) is 11.9. The summed E-state index contributed by atoms with van der Waals surface area (Å²) in [6.45, 7) is 1.68. The van der Waals surface area contributed by atoms with Gasteiger partial charge in [-0.1, -0.05) is 11.6 Å². The molecule has 3 aromatic rings. The molecule has 0 radical (unpaired) electrons. The molecule has 0 fully saturated rings. The van der Waals surface area contributed by atoms with E-state index in [1.54, 1.807) is 43.3 Å². The van der Waals surface area contributed by atoms with Crippen LogP contribution in [-0.4, -0.2) is 39.6 Å². The van der Waals surface area contributed by atoms with Crippen molar-refractivity contribution in [2.24, 2.45) is 0 Å². The number of aryl methyl sites for hydroxylation is 2. The Morgan fingerprint density at radius 3 is 2.71 bits per heavy atom. The van der Waals surface area contributed by atoms with Gasteiger partial charge in [-0.05, 0) is 61.7 Å². The summed E-state index contributed by atoms with van der Waals surface area (Å²) in [5, 5.41) is 1.23. The quantitative estimate of drug-likeness (QED) is 0.418. The minimum atomic E-state index is -3.38. The van der Waals surface area contributed by atoms with Crippen molar-refractivity contribution in [2.75, 3.05) is 23.7 Å². The second kappa shape index (κ2) is 8.01. The Balaban J connectivity index is 1.49. The van der Waals surface area contributed by atoms with Gasteiger partial charge in [0.05, 0.1) is 11.9 Å². The van der Waals surface area contributed by atoms with E-state index in [1.807, 2.05) is 0 Å². The maximum atomic E-state index is 12.6. The number of rotatable bonds is 5. The standard InChI is InChI=1S/C22H20ClNO6S/c1-13-17-11-16(23)6-8-20(17)30-21(13)22(26)29-12-19(25)15-5-7-18-14(10-15)4-3-9-24(18)31(2,27)28/h5-8,10-11H,3-4,9,12H2,1-2H3. The molecule has 1 aliphatic heterocycles. The van der Waals surface area contributed by atoms with Gasteiger partial charge in [-0.2, -0.15) is 0 Å². The van der Waals surface area contributed by atoms with Crippen LogP contribution in [0.1, 0.15) is 38.5 Å². The minimum Gasteiger partial charge on any atom is -0.451 e. The third-order valence-electron chi connectivity index (χ3n) is 5.30. The fourth-order valence-corrected chi connectivity index (χ4v) is 4.92. The largest absolute Gasteiger partial charge is 0.451 e. The summed E-state index contributed by atoms with van der Waals surface area (Å²) >= 11 is 6.00. The lowest BCUT2D eigenvalue weighted by molar-refractivity contribution is 0.0445. The maximum absolute atomic E-state index is 12.6. The van der Waals surface area contributed by atoms with Gasteiger partial charge < -0.3 is 9.15 Å². The molecule has 0 bridgehead atoms. The van der Waals surface area contributed by atoms with Crippen LogP contribution in [-0.2, 0) is 21.2 Å². The number of ketones is 1. The van der Waals surface area contributed by atoms with Crippen molar-refractivity contribution in [1.82, 2.24) is 0 Å². The number of carbonyl (C=O) groups is 2. The average Bonchev–Trinajstić information content (AvgIpc) is 3.06. The Bertz CT molecular complexity index is 1310. The molecule has 0 atom stereocenters. The first-order valence-electron chi connectivity index (χ1n) is 9.65. The van der Waals surface area contributed by atoms with Crippen molar-refractivity contribution in [2.45, 2.75) is 19.8 Å². The Kier molecular flexibility index (Phi) is 5.53. The van der Waals surface area contributed by atoms with Crippen LogP contribution in [0.5, 0.6) is 0 Å². The van der Waals surface area contributed by atoms with E-state index in [0.717, 1.165) is 11.8 Å². The Morgan fingerprint density at radius 1 is 1.19 bits per heavy atom. The number of anilines is 1. The lowest BCUT2D eigenvalue weighted by Gasteiger charge is -2.29. The molecule has 1 aliphatic rings. The summed E-state index contributed by atoms with van der Waals surface area (Å²) in [5.41, 5.74) is 2.81. The lowest BCUT2D eigenvalue weighted by Crippen LogP contribution is -2.34. The van der Waals surface area contributed by atoms with Gasteiger partial charge in [-0.25, -0.2) is 13.2 Å². The van der Waals surface area contributed by atoms with Gasteiger partial charge in [0.25, 0.3) is 0 Å². The topological polar surface area (TPSA) is 93.9 Å². The van der Waals surface area contributed by atoms with Crippen LogP contribution < -0.4 is 4.31 Å². The summed E-state index contributed by atoms with van der Waals surface area (Å²) < 4.78 is 36.0. The molecule has 2 heterocycles. The number of Topliss-reactive ketones (excluding diaryl/α,β-unsaturated/α-hetero) is 1. The van der Waals surface area contributed by atoms with Crippen LogP contribution >= 0.6 is 11.6 Å². The first-order chi connectivity index (χ1) is 14.6. The van der Waals surface area contributed by atoms with E-state index in [4.69, 9.17) is 20.8 Å². The summed E-state index contributed by atoms with van der Waals surface area (Å²) in [6.07, 6.45) is 2.50. The predicted molar refractivity (Wildman–Crippen MR) is 118 cm³/mol. The van der Waals surface area contributed by atoms with Crippen LogP contribution in [0.25, 0.3) is 11.0 Å². The van der Waals surface area contributed by atoms with E-state index >= 15 is 0 Å². The van der Waals surface area contributed by atoms with E-state index in [9.17, 15) is 18.0 Å². The summed E-state index contributed by atoms with van der Waals surface area (Å²) in [7, 11) is -3.38. The van der Waals surface area contributed by atoms with E-state index < -0.39 is 22.6 Å². The van der Waals surface area contributed by atoms with Crippen molar-refractivity contribution >= 4 is 50.0 Å². The molecular weight excluding hydrogens is 442 g/mol. The lowest BCUT2D eigenvalue weighted by atomic mass is 9.99. The fraction of sp³-hybridized carbons (Fsp3) is 0.273. The average molecular weight is 462 g/mol. The van der Waals surface area contributed by atoms with Crippen molar-refractivity contribution in [3.8, 4) is 0 Å². The number of hydrogen-bond donors (Lipinski definition) is 0. The summed E-state index contributed by atoms with van der Waals surface area (Å²) in [6, 6.07) is 9.86. The van der Waals surface area contributed by atoms with Gasteiger partial charge in [0.2, 0.25) is 15.8 Å². The molecule has 0 saturated carbocycles. The summed E-state index contributed by atoms with van der Waals surface area (Å²) in [5.74, 6) is -1.09. The van der Waals surface area contributed by atoms with Gasteiger partial charge in [0.15, 0.2) is 12.4 Å². The first kappa shape index (κ1) is 21.4. The molecule has 1 aromatic heterocycles. The highest BCUT2D eigenvalue weighted by atomic mass is 35.5. The smallest absolute Gasteiger partial charge is 0.375 e. The number of fused-ring (bicyclic) bond motifs is 2. The number of furan rings is 1. The van der Waals surface area contributed by atoms with E-state index in [2.05, 4.69) is 0 Å². The molecule has 9 heteroatoms. The van der Waals surface area contributed by atoms with E-state index in [-0.39, 0.29) is 11.5 Å². The molecule has 0 N–H and O–H groups in total. The Hall–Kier alpha value is -2.84. The predicted octanol–water partition coefficient (Wildman–Crippen LogP) is 4.15. The second-order valence-corrected chi connectivity index (χ2v) is 9.82. The maximum Gasteiger partial charge on any atom is 0.375 e. The van der Waals surface area contributed by atoms with E-state index in [0.29, 0.717) is 52.2 Å². The molecule has 31 heavy (non-hydrogen) atoms. The highest BCUT2D eigenvalue weighted by Gasteiger charge is 2.25. The Morgan fingerprint density at radius 2 is 1.97 bits per heavy atom. The number of benzene rings is 2. The highest BCUT2D eigenvalue weighted by Crippen LogP contribution is 2.30. The monoisotopic (exact) mass is 461 g/mol. The third-order valence-corrected chi connectivity index (χ3v) is 6.71. The highest BCUT2D eigenvalue weighted by molar-refractivity contribution is 7.92. The van der Waals surface area contributed by atoms with Crippen molar-refractivity contribution < 1.29 is 27.2 Å². The molecule has 0 saturated heterocycles. The van der Waals surface area contributed by atoms with Gasteiger partial charge in [-0.15, -0.1) is 0 Å². The molecule has 0 unspecified atom stereocenters. The number of esters is 1. The number of sulfonamides is 1. The van der Waals surface area contributed by atoms with Crippen molar-refractivity contribution in [1.29, 1.82) is 0 Å². The van der Waals surface area contributed by atoms with Crippen LogP contribution in [0.3, 0.4) is 0 Å². The number of ether oxygens (including phenoxy) is 1. The SMILES string of the molecule is Cc1c(C(=O)OCC(=O)c2ccc3c(c2)CCCN3S(C)(=O)=O)oc2ccc(Cl)cc12. The molecule has 7 nitrogen and oxygen atoms in total. The van der Waals surface area contributed by atoms with Crippen LogP contribution in [0.15, 0.2) is 40.8 Å². The number of halogens is 1. The number of carbonyl (C=O) groups excluding carboxylic acids is 2. The van der Waals surface area contributed by atoms with Crippen LogP contribution in [0.4, 0.5) is 5.69 Å². The zero-order chi connectivity index (χ0) is 22.3. The molecule has 4 rings (SSSR count). The van der Waals surface area contributed by atoms with E-state index in [1.165, 1.54) is 4.31 Å². The van der Waals surface area contributed by atoms with Crippen LogP contribution in [0, 0.1) is 6.92 Å². The second-order valence-electron chi connectivity index (χ2n) is 7.48. The zero-order valence-corrected chi connectivity index (χ0v) is 18.5. The molecule has 162 valence electrons. The molecule has 2 aromatic carbocycles. The third kappa shape index (κ3) is 4.18. The van der Waals surface area contributed by atoms with Gasteiger partial charge in [-0.3, -0.25) is 9.10 Å². The molecule has 0 amide bonds. The van der Waals surface area contributed by atoms with Gasteiger partial charge >= 0.3 is 5.97 Å². The fourth-order valence-electron chi connectivity index (χ4n) is 3.75. The normalized spacial score (nSPS) is 13.8. The molecular formula is C22H20ClNO6S. The van der Waals surface area contributed by atoms with Gasteiger partial charge in [0.1, 0.15) is 5.58 Å². The molecule has 0 aliphatic carbocycles. The van der Waals surface area contributed by atoms with Crippen LogP contribution in [0.2, 0.25) is 5.02 Å². The summed E-state index contributed by atoms with van der Waals surface area (Å²) in [4.78, 5) is 25.1. The zero-order valence-electron chi connectivity index (χ0n) is 17.0.